The minimum absolute atomic E-state index is 0.188. The number of carboxylic acid groups (broad SMARTS) is 2. The van der Waals surface area contributed by atoms with Crippen LogP contribution < -0.4 is 5.32 Å². The fraction of sp³-hybridized carbons (Fsp3) is 0.750. The molecule has 19 heavy (non-hydrogen) atoms. The molecule has 0 aromatic rings. The van der Waals surface area contributed by atoms with Crippen molar-refractivity contribution in [3.8, 4) is 0 Å². The van der Waals surface area contributed by atoms with Gasteiger partial charge in [-0.05, 0) is 19.8 Å². The number of aliphatic carboxylic acids is 2. The van der Waals surface area contributed by atoms with Gasteiger partial charge in [-0.25, -0.2) is 4.79 Å². The van der Waals surface area contributed by atoms with E-state index in [0.29, 0.717) is 12.8 Å². The lowest BCUT2D eigenvalue weighted by atomic mass is 9.96. The molecule has 0 heterocycles. The zero-order chi connectivity index (χ0) is 15.1. The number of rotatable bonds is 9. The lowest BCUT2D eigenvalue weighted by Gasteiger charge is -2.23. The highest BCUT2D eigenvalue weighted by molar-refractivity contribution is 5.84. The van der Waals surface area contributed by atoms with Gasteiger partial charge in [-0.2, -0.15) is 0 Å². The van der Waals surface area contributed by atoms with Crippen LogP contribution in [0.15, 0.2) is 0 Å². The lowest BCUT2D eigenvalue weighted by Crippen LogP contribution is -2.44. The van der Waals surface area contributed by atoms with E-state index < -0.39 is 29.5 Å². The third-order valence-corrected chi connectivity index (χ3v) is 2.61. The Kier molecular flexibility index (Phi) is 7.06. The van der Waals surface area contributed by atoms with E-state index in [-0.39, 0.29) is 19.3 Å². The number of aliphatic hydroxyl groups is 1. The van der Waals surface area contributed by atoms with Gasteiger partial charge >= 0.3 is 11.9 Å². The molecule has 7 nitrogen and oxygen atoms in total. The van der Waals surface area contributed by atoms with Crippen LogP contribution in [0.5, 0.6) is 0 Å². The Bertz CT molecular complexity index is 339. The summed E-state index contributed by atoms with van der Waals surface area (Å²) >= 11 is 0. The van der Waals surface area contributed by atoms with Gasteiger partial charge in [0.1, 0.15) is 6.04 Å². The number of carboxylic acids is 2. The Morgan fingerprint density at radius 2 is 1.84 bits per heavy atom. The predicted octanol–water partition coefficient (Wildman–Crippen LogP) is 0.362. The van der Waals surface area contributed by atoms with E-state index in [2.05, 4.69) is 5.32 Å². The van der Waals surface area contributed by atoms with E-state index in [1.807, 2.05) is 6.92 Å². The van der Waals surface area contributed by atoms with Gasteiger partial charge in [0.05, 0.1) is 12.0 Å². The van der Waals surface area contributed by atoms with Gasteiger partial charge < -0.3 is 20.6 Å². The summed E-state index contributed by atoms with van der Waals surface area (Å²) in [5.41, 5.74) is -1.19. The summed E-state index contributed by atoms with van der Waals surface area (Å²) in [5.74, 6) is -3.01. The van der Waals surface area contributed by atoms with Crippen molar-refractivity contribution in [2.45, 2.75) is 57.6 Å². The maximum absolute atomic E-state index is 11.6. The van der Waals surface area contributed by atoms with Crippen molar-refractivity contribution in [3.05, 3.63) is 0 Å². The Morgan fingerprint density at radius 1 is 1.26 bits per heavy atom. The molecule has 0 saturated carbocycles. The molecule has 0 radical (unpaired) electrons. The number of carbonyl (C=O) groups excluding carboxylic acids is 1. The molecule has 7 heteroatoms. The van der Waals surface area contributed by atoms with Crippen LogP contribution in [0.25, 0.3) is 0 Å². The second-order valence-electron chi connectivity index (χ2n) is 4.81. The van der Waals surface area contributed by atoms with Crippen LogP contribution in [-0.4, -0.2) is 44.8 Å². The predicted molar refractivity (Wildman–Crippen MR) is 66.6 cm³/mol. The largest absolute Gasteiger partial charge is 0.481 e. The third-order valence-electron chi connectivity index (χ3n) is 2.61. The maximum atomic E-state index is 11.6. The normalized spacial score (nSPS) is 15.3. The van der Waals surface area contributed by atoms with Crippen LogP contribution in [0.3, 0.4) is 0 Å². The number of hydrogen-bond donors (Lipinski definition) is 4. The molecule has 1 amide bonds. The molecule has 2 atom stereocenters. The van der Waals surface area contributed by atoms with E-state index in [4.69, 9.17) is 10.2 Å². The number of amides is 1. The van der Waals surface area contributed by atoms with Crippen LogP contribution in [0.4, 0.5) is 0 Å². The van der Waals surface area contributed by atoms with Gasteiger partial charge in [0.25, 0.3) is 0 Å². The standard InChI is InChI=1S/C12H21NO6/c1-3-6-12(2,19)7-9(14)13-8(11(17)18)4-5-10(15)16/h8,19H,3-7H2,1-2H3,(H,13,14)(H,15,16)(H,17,18). The van der Waals surface area contributed by atoms with Crippen molar-refractivity contribution >= 4 is 17.8 Å². The second kappa shape index (κ2) is 7.73. The highest BCUT2D eigenvalue weighted by atomic mass is 16.4. The van der Waals surface area contributed by atoms with Gasteiger partial charge in [0.2, 0.25) is 5.91 Å². The van der Waals surface area contributed by atoms with Crippen molar-refractivity contribution in [2.24, 2.45) is 0 Å². The van der Waals surface area contributed by atoms with E-state index in [0.717, 1.165) is 0 Å². The molecule has 0 bridgehead atoms. The molecule has 0 aliphatic rings. The Balaban J connectivity index is 4.39. The summed E-state index contributed by atoms with van der Waals surface area (Å²) in [6.45, 7) is 3.36. The first-order valence-electron chi connectivity index (χ1n) is 6.14. The summed E-state index contributed by atoms with van der Waals surface area (Å²) in [4.78, 5) is 32.9. The van der Waals surface area contributed by atoms with Crippen LogP contribution in [0.1, 0.15) is 46.0 Å². The Morgan fingerprint density at radius 3 is 2.26 bits per heavy atom. The number of hydrogen-bond acceptors (Lipinski definition) is 4. The molecule has 110 valence electrons. The monoisotopic (exact) mass is 275 g/mol. The Hall–Kier alpha value is -1.63. The smallest absolute Gasteiger partial charge is 0.326 e. The maximum Gasteiger partial charge on any atom is 0.326 e. The Labute approximate surface area is 111 Å². The summed E-state index contributed by atoms with van der Waals surface area (Å²) in [7, 11) is 0. The van der Waals surface area contributed by atoms with Gasteiger partial charge in [-0.1, -0.05) is 13.3 Å². The van der Waals surface area contributed by atoms with Crippen LogP contribution in [-0.2, 0) is 14.4 Å². The molecule has 0 aromatic carbocycles. The topological polar surface area (TPSA) is 124 Å². The molecular formula is C12H21NO6. The van der Waals surface area contributed by atoms with Crippen molar-refractivity contribution < 1.29 is 29.7 Å². The fourth-order valence-electron chi connectivity index (χ4n) is 1.74. The first kappa shape index (κ1) is 17.4. The lowest BCUT2D eigenvalue weighted by molar-refractivity contribution is -0.143. The molecule has 0 saturated heterocycles. The van der Waals surface area contributed by atoms with Crippen molar-refractivity contribution in [1.29, 1.82) is 0 Å². The van der Waals surface area contributed by atoms with Crippen LogP contribution >= 0.6 is 0 Å². The minimum atomic E-state index is -1.29. The van der Waals surface area contributed by atoms with E-state index in [1.165, 1.54) is 6.92 Å². The molecule has 0 aliphatic carbocycles. The summed E-state index contributed by atoms with van der Waals surface area (Å²) < 4.78 is 0. The fourth-order valence-corrected chi connectivity index (χ4v) is 1.74. The minimum Gasteiger partial charge on any atom is -0.481 e. The first-order chi connectivity index (χ1) is 8.68. The molecule has 0 aromatic heterocycles. The number of carbonyl (C=O) groups is 3. The first-order valence-corrected chi connectivity index (χ1v) is 6.14. The molecule has 0 rings (SSSR count). The zero-order valence-corrected chi connectivity index (χ0v) is 11.2. The van der Waals surface area contributed by atoms with E-state index in [9.17, 15) is 19.5 Å². The average molecular weight is 275 g/mol. The third kappa shape index (κ3) is 8.15. The number of nitrogens with one attached hydrogen (secondary N) is 1. The van der Waals surface area contributed by atoms with Crippen molar-refractivity contribution in [1.82, 2.24) is 5.32 Å². The van der Waals surface area contributed by atoms with E-state index >= 15 is 0 Å². The summed E-state index contributed by atoms with van der Waals surface area (Å²) in [6.07, 6.45) is 0.377. The molecule has 0 aliphatic heterocycles. The van der Waals surface area contributed by atoms with Crippen LogP contribution in [0.2, 0.25) is 0 Å². The highest BCUT2D eigenvalue weighted by Gasteiger charge is 2.27. The average Bonchev–Trinajstić information content (AvgIpc) is 2.22. The van der Waals surface area contributed by atoms with Gasteiger partial charge in [0, 0.05) is 6.42 Å². The summed E-state index contributed by atoms with van der Waals surface area (Å²) in [5, 5.41) is 29.4. The molecular weight excluding hydrogens is 254 g/mol. The van der Waals surface area contributed by atoms with Crippen LogP contribution in [0, 0.1) is 0 Å². The highest BCUT2D eigenvalue weighted by Crippen LogP contribution is 2.16. The summed E-state index contributed by atoms with van der Waals surface area (Å²) in [6, 6.07) is -1.25. The SMILES string of the molecule is CCCC(C)(O)CC(=O)NC(CCC(=O)O)C(=O)O. The molecule has 4 N–H and O–H groups in total. The molecule has 0 fully saturated rings. The van der Waals surface area contributed by atoms with Gasteiger partial charge in [-0.15, -0.1) is 0 Å². The quantitative estimate of drug-likeness (QED) is 0.481. The van der Waals surface area contributed by atoms with Gasteiger partial charge in [0.15, 0.2) is 0 Å². The van der Waals surface area contributed by atoms with Crippen molar-refractivity contribution in [2.75, 3.05) is 0 Å². The second-order valence-corrected chi connectivity index (χ2v) is 4.81. The molecule has 2 unspecified atom stereocenters. The van der Waals surface area contributed by atoms with Gasteiger partial charge in [-0.3, -0.25) is 9.59 Å². The van der Waals surface area contributed by atoms with E-state index in [1.54, 1.807) is 0 Å². The zero-order valence-electron chi connectivity index (χ0n) is 11.2. The molecule has 0 spiro atoms. The van der Waals surface area contributed by atoms with Crippen molar-refractivity contribution in [3.63, 3.8) is 0 Å².